The molecule has 1 amide bonds. The van der Waals surface area contributed by atoms with Crippen molar-refractivity contribution in [2.24, 2.45) is 5.92 Å². The maximum absolute atomic E-state index is 12.8. The Hall–Kier alpha value is -1.77. The number of amides is 1. The number of nitrogens with one attached hydrogen (secondary N) is 1. The van der Waals surface area contributed by atoms with E-state index in [1.165, 1.54) is 4.31 Å². The molecule has 2 heterocycles. The van der Waals surface area contributed by atoms with E-state index in [9.17, 15) is 13.2 Å². The largest absolute Gasteiger partial charge is 0.355 e. The molecule has 0 aliphatic carbocycles. The van der Waals surface area contributed by atoms with Crippen LogP contribution in [0.5, 0.6) is 0 Å². The molecular weight excluding hydrogens is 430 g/mol. The molecule has 6 nitrogen and oxygen atoms in total. The minimum atomic E-state index is -3.58. The highest BCUT2D eigenvalue weighted by Gasteiger charge is 2.33. The van der Waals surface area contributed by atoms with Gasteiger partial charge < -0.3 is 5.32 Å². The van der Waals surface area contributed by atoms with Crippen molar-refractivity contribution in [3.63, 3.8) is 0 Å². The minimum Gasteiger partial charge on any atom is -0.355 e. The second-order valence-electron chi connectivity index (χ2n) is 6.56. The van der Waals surface area contributed by atoms with E-state index in [4.69, 9.17) is 0 Å². The second-order valence-corrected chi connectivity index (χ2v) is 9.41. The highest BCUT2D eigenvalue weighted by molar-refractivity contribution is 9.10. The van der Waals surface area contributed by atoms with Crippen LogP contribution in [0.4, 0.5) is 0 Å². The number of hydrogen-bond acceptors (Lipinski definition) is 4. The average molecular weight is 452 g/mol. The van der Waals surface area contributed by atoms with Crippen LogP contribution < -0.4 is 5.32 Å². The van der Waals surface area contributed by atoms with Crippen molar-refractivity contribution in [1.29, 1.82) is 0 Å². The molecule has 1 N–H and O–H groups in total. The van der Waals surface area contributed by atoms with Gasteiger partial charge in [0, 0.05) is 36.5 Å². The summed E-state index contributed by atoms with van der Waals surface area (Å²) in [7, 11) is -3.58. The summed E-state index contributed by atoms with van der Waals surface area (Å²) >= 11 is 3.31. The lowest BCUT2D eigenvalue weighted by Crippen LogP contribution is -2.45. The normalized spacial score (nSPS) is 18.2. The number of carbonyl (C=O) groups is 1. The third-order valence-electron chi connectivity index (χ3n) is 4.64. The first kappa shape index (κ1) is 20.0. The second kappa shape index (κ2) is 8.95. The Balaban J connectivity index is 1.58. The van der Waals surface area contributed by atoms with Gasteiger partial charge in [0.05, 0.1) is 10.8 Å². The van der Waals surface area contributed by atoms with Crippen molar-refractivity contribution < 1.29 is 13.2 Å². The van der Waals surface area contributed by atoms with E-state index in [0.29, 0.717) is 32.4 Å². The number of pyridine rings is 1. The highest BCUT2D eigenvalue weighted by atomic mass is 79.9. The summed E-state index contributed by atoms with van der Waals surface area (Å²) in [4.78, 5) is 16.8. The van der Waals surface area contributed by atoms with Gasteiger partial charge in [-0.25, -0.2) is 8.42 Å². The summed E-state index contributed by atoms with van der Waals surface area (Å²) < 4.78 is 27.9. The zero-order valence-electron chi connectivity index (χ0n) is 14.8. The van der Waals surface area contributed by atoms with E-state index in [1.54, 1.807) is 36.7 Å². The lowest BCUT2D eigenvalue weighted by molar-refractivity contribution is -0.126. The van der Waals surface area contributed by atoms with Gasteiger partial charge in [-0.15, -0.1) is 0 Å². The third-order valence-corrected chi connectivity index (χ3v) is 7.05. The Morgan fingerprint density at radius 2 is 2.04 bits per heavy atom. The van der Waals surface area contributed by atoms with Crippen LogP contribution in [-0.4, -0.2) is 43.2 Å². The first-order valence-electron chi connectivity index (χ1n) is 8.89. The molecule has 8 heteroatoms. The standard InChI is InChI=1S/C19H22BrN3O3S/c20-17-5-7-18(8-6-17)27(25,26)23-12-2-4-16(14-23)19(24)22-11-9-15-3-1-10-21-13-15/h1,3,5-8,10,13,16H,2,4,9,11-12,14H2,(H,22,24). The summed E-state index contributed by atoms with van der Waals surface area (Å²) in [5, 5.41) is 2.93. The molecule has 3 rings (SSSR count). The van der Waals surface area contributed by atoms with Crippen LogP contribution in [0, 0.1) is 5.92 Å². The predicted octanol–water partition coefficient (Wildman–Crippen LogP) is 2.60. The highest BCUT2D eigenvalue weighted by Crippen LogP contribution is 2.25. The molecule has 1 fully saturated rings. The zero-order chi connectivity index (χ0) is 19.3. The molecule has 0 radical (unpaired) electrons. The lowest BCUT2D eigenvalue weighted by atomic mass is 9.99. The van der Waals surface area contributed by atoms with Gasteiger partial charge in [0.25, 0.3) is 0 Å². The average Bonchev–Trinajstić information content (AvgIpc) is 2.69. The Morgan fingerprint density at radius 1 is 1.26 bits per heavy atom. The van der Waals surface area contributed by atoms with E-state index in [0.717, 1.165) is 10.0 Å². The van der Waals surface area contributed by atoms with Crippen LogP contribution >= 0.6 is 15.9 Å². The molecule has 1 saturated heterocycles. The molecule has 1 aromatic carbocycles. The van der Waals surface area contributed by atoms with Crippen molar-refractivity contribution in [3.8, 4) is 0 Å². The van der Waals surface area contributed by atoms with E-state index < -0.39 is 10.0 Å². The lowest BCUT2D eigenvalue weighted by Gasteiger charge is -2.31. The maximum Gasteiger partial charge on any atom is 0.243 e. The molecule has 1 aromatic heterocycles. The molecule has 144 valence electrons. The summed E-state index contributed by atoms with van der Waals surface area (Å²) in [6.45, 7) is 1.18. The maximum atomic E-state index is 12.8. The van der Waals surface area contributed by atoms with Gasteiger partial charge in [0.15, 0.2) is 0 Å². The van der Waals surface area contributed by atoms with Gasteiger partial charge in [-0.1, -0.05) is 22.0 Å². The monoisotopic (exact) mass is 451 g/mol. The minimum absolute atomic E-state index is 0.0883. The number of nitrogens with zero attached hydrogens (tertiary/aromatic N) is 2. The number of hydrogen-bond donors (Lipinski definition) is 1. The van der Waals surface area contributed by atoms with Crippen molar-refractivity contribution in [2.45, 2.75) is 24.2 Å². The number of halogens is 1. The molecule has 1 aliphatic rings. The van der Waals surface area contributed by atoms with Crippen LogP contribution in [0.2, 0.25) is 0 Å². The third kappa shape index (κ3) is 5.15. The Morgan fingerprint density at radius 3 is 2.74 bits per heavy atom. The Labute approximate surface area is 168 Å². The quantitative estimate of drug-likeness (QED) is 0.731. The van der Waals surface area contributed by atoms with Crippen molar-refractivity contribution >= 4 is 31.9 Å². The number of carbonyl (C=O) groups excluding carboxylic acids is 1. The fraction of sp³-hybridized carbons (Fsp3) is 0.368. The van der Waals surface area contributed by atoms with Gasteiger partial charge in [-0.3, -0.25) is 9.78 Å². The van der Waals surface area contributed by atoms with Crippen LogP contribution in [0.3, 0.4) is 0 Å². The van der Waals surface area contributed by atoms with E-state index in [2.05, 4.69) is 26.2 Å². The molecule has 0 bridgehead atoms. The molecule has 1 unspecified atom stereocenters. The SMILES string of the molecule is O=C(NCCc1cccnc1)C1CCCN(S(=O)(=O)c2ccc(Br)cc2)C1. The number of piperidine rings is 1. The van der Waals surface area contributed by atoms with Gasteiger partial charge >= 0.3 is 0 Å². The fourth-order valence-corrected chi connectivity index (χ4v) is 4.94. The van der Waals surface area contributed by atoms with Crippen molar-refractivity contribution in [3.05, 3.63) is 58.8 Å². The van der Waals surface area contributed by atoms with Crippen LogP contribution in [0.15, 0.2) is 58.2 Å². The molecule has 1 atom stereocenters. The van der Waals surface area contributed by atoms with Gasteiger partial charge in [0.2, 0.25) is 15.9 Å². The Bertz CT molecular complexity index is 873. The fourth-order valence-electron chi connectivity index (χ4n) is 3.15. The van der Waals surface area contributed by atoms with E-state index in [-0.39, 0.29) is 23.3 Å². The van der Waals surface area contributed by atoms with Gasteiger partial charge in [0.1, 0.15) is 0 Å². The summed E-state index contributed by atoms with van der Waals surface area (Å²) in [6.07, 6.45) is 5.57. The first-order valence-corrected chi connectivity index (χ1v) is 11.1. The molecule has 0 spiro atoms. The molecule has 0 saturated carbocycles. The zero-order valence-corrected chi connectivity index (χ0v) is 17.2. The van der Waals surface area contributed by atoms with Gasteiger partial charge in [-0.05, 0) is 55.2 Å². The van der Waals surface area contributed by atoms with E-state index >= 15 is 0 Å². The van der Waals surface area contributed by atoms with Crippen LogP contribution in [-0.2, 0) is 21.2 Å². The number of aromatic nitrogens is 1. The summed E-state index contributed by atoms with van der Waals surface area (Å²) in [6, 6.07) is 10.4. The molecule has 2 aromatic rings. The van der Waals surface area contributed by atoms with Crippen LogP contribution in [0.25, 0.3) is 0 Å². The van der Waals surface area contributed by atoms with Crippen molar-refractivity contribution in [2.75, 3.05) is 19.6 Å². The topological polar surface area (TPSA) is 79.4 Å². The Kier molecular flexibility index (Phi) is 6.62. The van der Waals surface area contributed by atoms with Crippen molar-refractivity contribution in [1.82, 2.24) is 14.6 Å². The summed E-state index contributed by atoms with van der Waals surface area (Å²) in [5.41, 5.74) is 1.06. The van der Waals surface area contributed by atoms with Crippen LogP contribution in [0.1, 0.15) is 18.4 Å². The number of benzene rings is 1. The predicted molar refractivity (Wildman–Crippen MR) is 107 cm³/mol. The van der Waals surface area contributed by atoms with E-state index in [1.807, 2.05) is 12.1 Å². The molecular formula is C19H22BrN3O3S. The molecule has 27 heavy (non-hydrogen) atoms. The number of sulfonamides is 1. The first-order chi connectivity index (χ1) is 13.0. The summed E-state index contributed by atoms with van der Waals surface area (Å²) in [5.74, 6) is -0.410. The van der Waals surface area contributed by atoms with Gasteiger partial charge in [-0.2, -0.15) is 4.31 Å². The smallest absolute Gasteiger partial charge is 0.243 e. The number of rotatable bonds is 6. The molecule has 1 aliphatic heterocycles.